The molecule has 2 aromatic rings. The highest BCUT2D eigenvalue weighted by molar-refractivity contribution is 8.13. The van der Waals surface area contributed by atoms with Crippen molar-refractivity contribution in [3.05, 3.63) is 42.2 Å². The van der Waals surface area contributed by atoms with Gasteiger partial charge in [-0.25, -0.2) is 4.79 Å². The number of hydrogen-bond donors (Lipinski definition) is 1. The van der Waals surface area contributed by atoms with Crippen LogP contribution >= 0.6 is 11.8 Å². The van der Waals surface area contributed by atoms with E-state index >= 15 is 0 Å². The lowest BCUT2D eigenvalue weighted by Crippen LogP contribution is -2.41. The summed E-state index contributed by atoms with van der Waals surface area (Å²) in [6.45, 7) is 0. The second-order valence-corrected chi connectivity index (χ2v) is 5.46. The van der Waals surface area contributed by atoms with Crippen molar-refractivity contribution in [2.75, 3.05) is 7.11 Å². The maximum absolute atomic E-state index is 12.0. The van der Waals surface area contributed by atoms with E-state index in [4.69, 9.17) is 4.74 Å². The highest BCUT2D eigenvalue weighted by Gasteiger charge is 2.23. The summed E-state index contributed by atoms with van der Waals surface area (Å²) in [5, 5.41) is 10.2. The number of thioether (sulfide) groups is 1. The molecule has 1 amide bonds. The predicted molar refractivity (Wildman–Crippen MR) is 81.3 cm³/mol. The molecule has 0 aliphatic rings. The molecule has 7 nitrogen and oxygen atoms in total. The van der Waals surface area contributed by atoms with Crippen molar-refractivity contribution in [2.45, 2.75) is 17.6 Å². The SMILES string of the molecule is COC(=O)C(Cc1ccccc1)NC(=O)Sc1nncn1C. The fourth-order valence-corrected chi connectivity index (χ4v) is 2.45. The van der Waals surface area contributed by atoms with Crippen molar-refractivity contribution in [1.82, 2.24) is 20.1 Å². The zero-order valence-electron chi connectivity index (χ0n) is 12.2. The number of aromatic nitrogens is 3. The summed E-state index contributed by atoms with van der Waals surface area (Å²) in [5.74, 6) is -0.490. The third kappa shape index (κ3) is 4.32. The van der Waals surface area contributed by atoms with Gasteiger partial charge in [0.25, 0.3) is 5.24 Å². The average molecular weight is 320 g/mol. The van der Waals surface area contributed by atoms with Crippen molar-refractivity contribution < 1.29 is 14.3 Å². The summed E-state index contributed by atoms with van der Waals surface area (Å²) < 4.78 is 6.37. The van der Waals surface area contributed by atoms with Crippen LogP contribution in [0, 0.1) is 0 Å². The lowest BCUT2D eigenvalue weighted by Gasteiger charge is -2.16. The molecule has 0 aliphatic heterocycles. The largest absolute Gasteiger partial charge is 0.467 e. The summed E-state index contributed by atoms with van der Waals surface area (Å²) in [6.07, 6.45) is 1.86. The van der Waals surface area contributed by atoms with Gasteiger partial charge in [0.15, 0.2) is 5.16 Å². The number of amides is 1. The van der Waals surface area contributed by atoms with E-state index in [1.807, 2.05) is 30.3 Å². The minimum atomic E-state index is -0.749. The van der Waals surface area contributed by atoms with Crippen molar-refractivity contribution in [2.24, 2.45) is 7.05 Å². The van der Waals surface area contributed by atoms with Crippen LogP contribution in [0.5, 0.6) is 0 Å². The lowest BCUT2D eigenvalue weighted by molar-refractivity contribution is -0.142. The molecule has 0 saturated carbocycles. The van der Waals surface area contributed by atoms with E-state index in [1.54, 1.807) is 11.6 Å². The number of carbonyl (C=O) groups is 2. The second kappa shape index (κ2) is 7.60. The fourth-order valence-electron chi connectivity index (χ4n) is 1.80. The van der Waals surface area contributed by atoms with Crippen LogP contribution in [0.15, 0.2) is 41.8 Å². The van der Waals surface area contributed by atoms with Gasteiger partial charge in [-0.2, -0.15) is 0 Å². The van der Waals surface area contributed by atoms with Crippen molar-refractivity contribution in [3.63, 3.8) is 0 Å². The van der Waals surface area contributed by atoms with Crippen LogP contribution in [-0.2, 0) is 23.0 Å². The zero-order valence-corrected chi connectivity index (χ0v) is 13.0. The quantitative estimate of drug-likeness (QED) is 0.662. The van der Waals surface area contributed by atoms with Crippen LogP contribution in [0.4, 0.5) is 4.79 Å². The first kappa shape index (κ1) is 16.0. The minimum absolute atomic E-state index is 0.360. The molecule has 1 atom stereocenters. The Balaban J connectivity index is 2.02. The van der Waals surface area contributed by atoms with Gasteiger partial charge in [-0.05, 0) is 5.56 Å². The maximum atomic E-state index is 12.0. The van der Waals surface area contributed by atoms with Gasteiger partial charge in [-0.3, -0.25) is 4.79 Å². The maximum Gasteiger partial charge on any atom is 0.328 e. The number of nitrogens with zero attached hydrogens (tertiary/aromatic N) is 3. The normalized spacial score (nSPS) is 11.7. The molecule has 2 rings (SSSR count). The topological polar surface area (TPSA) is 86.1 Å². The molecule has 1 unspecified atom stereocenters. The standard InChI is InChI=1S/C14H16N4O3S/c1-18-9-15-17-13(18)22-14(20)16-11(12(19)21-2)8-10-6-4-3-5-7-10/h3-7,9,11H,8H2,1-2H3,(H,16,20). The van der Waals surface area contributed by atoms with Crippen LogP contribution in [0.3, 0.4) is 0 Å². The monoisotopic (exact) mass is 320 g/mol. The number of aryl methyl sites for hydroxylation is 1. The Morgan fingerprint density at radius 3 is 2.68 bits per heavy atom. The van der Waals surface area contributed by atoms with Gasteiger partial charge in [0, 0.05) is 25.2 Å². The Kier molecular flexibility index (Phi) is 5.54. The van der Waals surface area contributed by atoms with E-state index in [0.717, 1.165) is 17.3 Å². The van der Waals surface area contributed by atoms with Gasteiger partial charge in [0.05, 0.1) is 7.11 Å². The van der Waals surface area contributed by atoms with Gasteiger partial charge in [0.1, 0.15) is 12.4 Å². The highest BCUT2D eigenvalue weighted by Crippen LogP contribution is 2.15. The smallest absolute Gasteiger partial charge is 0.328 e. The van der Waals surface area contributed by atoms with Gasteiger partial charge in [-0.15, -0.1) is 10.2 Å². The van der Waals surface area contributed by atoms with Gasteiger partial charge in [0.2, 0.25) is 0 Å². The van der Waals surface area contributed by atoms with E-state index in [9.17, 15) is 9.59 Å². The second-order valence-electron chi connectivity index (χ2n) is 4.52. The minimum Gasteiger partial charge on any atom is -0.467 e. The first-order valence-corrected chi connectivity index (χ1v) is 7.36. The zero-order chi connectivity index (χ0) is 15.9. The number of esters is 1. The molecule has 0 fully saturated rings. The van der Waals surface area contributed by atoms with Gasteiger partial charge < -0.3 is 14.6 Å². The van der Waals surface area contributed by atoms with Crippen LogP contribution in [0.2, 0.25) is 0 Å². The third-order valence-corrected chi connectivity index (χ3v) is 3.77. The lowest BCUT2D eigenvalue weighted by atomic mass is 10.1. The number of hydrogen-bond acceptors (Lipinski definition) is 6. The van der Waals surface area contributed by atoms with Crippen LogP contribution in [0.25, 0.3) is 0 Å². The molecule has 1 heterocycles. The van der Waals surface area contributed by atoms with Crippen LogP contribution in [0.1, 0.15) is 5.56 Å². The first-order chi connectivity index (χ1) is 10.6. The molecule has 0 saturated heterocycles. The molecule has 1 N–H and O–H groups in total. The van der Waals surface area contributed by atoms with E-state index in [0.29, 0.717) is 11.6 Å². The Bertz CT molecular complexity index is 645. The number of methoxy groups -OCH3 is 1. The highest BCUT2D eigenvalue weighted by atomic mass is 32.2. The first-order valence-electron chi connectivity index (χ1n) is 6.54. The number of rotatable bonds is 5. The molecule has 0 radical (unpaired) electrons. The number of benzene rings is 1. The third-order valence-electron chi connectivity index (χ3n) is 2.91. The molecule has 0 spiro atoms. The molecule has 22 heavy (non-hydrogen) atoms. The molecule has 0 aliphatic carbocycles. The van der Waals surface area contributed by atoms with Crippen molar-refractivity contribution in [1.29, 1.82) is 0 Å². The molecule has 0 bridgehead atoms. The van der Waals surface area contributed by atoms with Gasteiger partial charge in [-0.1, -0.05) is 30.3 Å². The Hall–Kier alpha value is -2.35. The van der Waals surface area contributed by atoms with E-state index in [-0.39, 0.29) is 5.24 Å². The van der Waals surface area contributed by atoms with E-state index in [1.165, 1.54) is 13.4 Å². The molecular weight excluding hydrogens is 304 g/mol. The number of carbonyl (C=O) groups excluding carboxylic acids is 2. The summed E-state index contributed by atoms with van der Waals surface area (Å²) in [5.41, 5.74) is 0.932. The summed E-state index contributed by atoms with van der Waals surface area (Å²) in [6, 6.07) is 8.66. The Labute approximate surface area is 132 Å². The van der Waals surface area contributed by atoms with E-state index in [2.05, 4.69) is 15.5 Å². The molecule has 116 valence electrons. The van der Waals surface area contributed by atoms with E-state index < -0.39 is 12.0 Å². The molecule has 8 heteroatoms. The molecule has 1 aromatic carbocycles. The number of ether oxygens (including phenoxy) is 1. The Morgan fingerprint density at radius 2 is 2.09 bits per heavy atom. The molecular formula is C14H16N4O3S. The van der Waals surface area contributed by atoms with Crippen LogP contribution in [-0.4, -0.2) is 39.1 Å². The summed E-state index contributed by atoms with van der Waals surface area (Å²) in [4.78, 5) is 23.9. The average Bonchev–Trinajstić information content (AvgIpc) is 2.92. The van der Waals surface area contributed by atoms with Crippen molar-refractivity contribution >= 4 is 23.0 Å². The Morgan fingerprint density at radius 1 is 1.36 bits per heavy atom. The predicted octanol–water partition coefficient (Wildman–Crippen LogP) is 1.40. The fraction of sp³-hybridized carbons (Fsp3) is 0.286. The molecule has 1 aromatic heterocycles. The summed E-state index contributed by atoms with van der Waals surface area (Å²) in [7, 11) is 3.03. The van der Waals surface area contributed by atoms with Crippen molar-refractivity contribution in [3.8, 4) is 0 Å². The summed E-state index contributed by atoms with van der Waals surface area (Å²) >= 11 is 0.875. The van der Waals surface area contributed by atoms with Crippen LogP contribution < -0.4 is 5.32 Å². The number of nitrogens with one attached hydrogen (secondary N) is 1. The van der Waals surface area contributed by atoms with Gasteiger partial charge >= 0.3 is 5.97 Å².